The molecule has 2 fully saturated rings. The van der Waals surface area contributed by atoms with Crippen LogP contribution in [-0.4, -0.2) is 88.6 Å². The van der Waals surface area contributed by atoms with Gasteiger partial charge in [0, 0.05) is 25.1 Å². The van der Waals surface area contributed by atoms with E-state index in [9.17, 15) is 24.0 Å². The summed E-state index contributed by atoms with van der Waals surface area (Å²) in [7, 11) is 1.50. The minimum Gasteiger partial charge on any atom is -0.448 e. The summed E-state index contributed by atoms with van der Waals surface area (Å²) in [6.07, 6.45) is 4.17. The lowest BCUT2D eigenvalue weighted by Gasteiger charge is -2.36. The first-order chi connectivity index (χ1) is 28.8. The monoisotopic (exact) mass is 834 g/mol. The van der Waals surface area contributed by atoms with Crippen LogP contribution in [0, 0.1) is 5.92 Å². The van der Waals surface area contributed by atoms with Crippen LogP contribution in [0.2, 0.25) is 0 Å². The van der Waals surface area contributed by atoms with E-state index in [1.54, 1.807) is 32.6 Å². The third-order valence-corrected chi connectivity index (χ3v) is 12.5. The number of thiazole rings is 1. The zero-order valence-corrected chi connectivity index (χ0v) is 35.7. The van der Waals surface area contributed by atoms with Gasteiger partial charge in [0.1, 0.15) is 41.0 Å². The standard InChI is InChI=1S/C46H54N6O7S/c1-28(51(5)45(57)59-46(2,3)4)39(53)47-38(30-19-10-7-11-20-30)42(55)52-26-16-25-36(52)40(54)49-41-37(29-17-8-6-9-18-29)48-43(60-41)50-44(56)58-27-35-33-23-14-12-21-31(33)32-22-13-15-24-34(32)35/h6,8-9,12-15,17-18,21-24,28,30,35-36,38H,7,10-11,16,19-20,25-27H2,1-5H3,(H,47,53)(H,49,54)(H,48,50,56)/t28-,36-,38-/m0/s1. The van der Waals surface area contributed by atoms with E-state index in [0.29, 0.717) is 30.1 Å². The van der Waals surface area contributed by atoms with Gasteiger partial charge >= 0.3 is 12.2 Å². The lowest BCUT2D eigenvalue weighted by molar-refractivity contribution is -0.142. The summed E-state index contributed by atoms with van der Waals surface area (Å²) >= 11 is 1.11. The van der Waals surface area contributed by atoms with Crippen molar-refractivity contribution in [1.29, 1.82) is 0 Å². The van der Waals surface area contributed by atoms with Gasteiger partial charge in [0.2, 0.25) is 17.7 Å². The number of amides is 5. The first kappa shape index (κ1) is 42.4. The van der Waals surface area contributed by atoms with Gasteiger partial charge in [0.15, 0.2) is 5.13 Å². The smallest absolute Gasteiger partial charge is 0.413 e. The van der Waals surface area contributed by atoms with Crippen LogP contribution in [0.15, 0.2) is 78.9 Å². The molecule has 13 nitrogen and oxygen atoms in total. The molecule has 1 saturated heterocycles. The quantitative estimate of drug-likeness (QED) is 0.136. The van der Waals surface area contributed by atoms with Crippen molar-refractivity contribution in [1.82, 2.24) is 20.1 Å². The zero-order chi connectivity index (χ0) is 42.6. The highest BCUT2D eigenvalue weighted by molar-refractivity contribution is 7.20. The van der Waals surface area contributed by atoms with Crippen LogP contribution in [0.1, 0.15) is 89.7 Å². The van der Waals surface area contributed by atoms with Crippen molar-refractivity contribution in [2.75, 3.05) is 30.8 Å². The fourth-order valence-electron chi connectivity index (χ4n) is 8.44. The first-order valence-corrected chi connectivity index (χ1v) is 21.7. The molecule has 4 aromatic rings. The molecular formula is C46H54N6O7S. The van der Waals surface area contributed by atoms with Crippen LogP contribution >= 0.6 is 11.3 Å². The highest BCUT2D eigenvalue weighted by Gasteiger charge is 2.42. The fraction of sp³-hybridized carbons (Fsp3) is 0.435. The lowest BCUT2D eigenvalue weighted by Crippen LogP contribution is -2.58. The number of likely N-dealkylation sites (N-methyl/N-ethyl adjacent to an activating group) is 1. The molecule has 3 N–H and O–H groups in total. The van der Waals surface area contributed by atoms with Gasteiger partial charge in [0.25, 0.3) is 0 Å². The number of fused-ring (bicyclic) bond motifs is 3. The number of nitrogens with one attached hydrogen (secondary N) is 3. The Morgan fingerprint density at radius 1 is 0.850 bits per heavy atom. The summed E-state index contributed by atoms with van der Waals surface area (Å²) in [5.41, 5.74) is 4.92. The van der Waals surface area contributed by atoms with Crippen molar-refractivity contribution in [3.8, 4) is 22.4 Å². The number of ether oxygens (including phenoxy) is 2. The Bertz CT molecular complexity index is 2170. The maximum absolute atomic E-state index is 14.5. The van der Waals surface area contributed by atoms with Crippen LogP contribution in [0.5, 0.6) is 0 Å². The summed E-state index contributed by atoms with van der Waals surface area (Å²) < 4.78 is 11.3. The van der Waals surface area contributed by atoms with Gasteiger partial charge < -0.3 is 25.0 Å². The Hall–Kier alpha value is -5.76. The second-order valence-corrected chi connectivity index (χ2v) is 17.8. The Balaban J connectivity index is 1.05. The number of hydrogen-bond acceptors (Lipinski definition) is 9. The van der Waals surface area contributed by atoms with Gasteiger partial charge in [-0.1, -0.05) is 109 Å². The second-order valence-electron chi connectivity index (χ2n) is 16.8. The van der Waals surface area contributed by atoms with E-state index < -0.39 is 41.8 Å². The van der Waals surface area contributed by atoms with E-state index in [0.717, 1.165) is 71.3 Å². The molecule has 1 aliphatic heterocycles. The van der Waals surface area contributed by atoms with Gasteiger partial charge in [-0.2, -0.15) is 0 Å². The van der Waals surface area contributed by atoms with Gasteiger partial charge in [0.05, 0.1) is 0 Å². The van der Waals surface area contributed by atoms with Crippen molar-refractivity contribution < 1.29 is 33.4 Å². The number of hydrogen-bond donors (Lipinski definition) is 3. The lowest BCUT2D eigenvalue weighted by atomic mass is 9.83. The normalized spacial score (nSPS) is 17.5. The van der Waals surface area contributed by atoms with Crippen molar-refractivity contribution in [3.05, 3.63) is 90.0 Å². The molecule has 14 heteroatoms. The van der Waals surface area contributed by atoms with Crippen LogP contribution in [0.25, 0.3) is 22.4 Å². The second kappa shape index (κ2) is 18.2. The van der Waals surface area contributed by atoms with Gasteiger partial charge in [-0.05, 0) is 81.5 Å². The minimum absolute atomic E-state index is 0.112. The molecule has 0 bridgehead atoms. The third kappa shape index (κ3) is 9.49. The zero-order valence-electron chi connectivity index (χ0n) is 34.9. The van der Waals surface area contributed by atoms with E-state index in [1.807, 2.05) is 54.6 Å². The minimum atomic E-state index is -0.907. The molecule has 3 atom stereocenters. The molecule has 7 rings (SSSR count). The van der Waals surface area contributed by atoms with Crippen LogP contribution in [-0.2, 0) is 23.9 Å². The van der Waals surface area contributed by atoms with E-state index in [1.165, 1.54) is 11.9 Å². The Labute approximate surface area is 355 Å². The van der Waals surface area contributed by atoms with Crippen molar-refractivity contribution >= 4 is 51.4 Å². The maximum Gasteiger partial charge on any atom is 0.413 e. The Morgan fingerprint density at radius 2 is 1.48 bits per heavy atom. The number of carbonyl (C=O) groups excluding carboxylic acids is 5. The Morgan fingerprint density at radius 3 is 2.13 bits per heavy atom. The van der Waals surface area contributed by atoms with E-state index in [2.05, 4.69) is 40.2 Å². The van der Waals surface area contributed by atoms with Crippen LogP contribution < -0.4 is 16.0 Å². The predicted octanol–water partition coefficient (Wildman–Crippen LogP) is 8.42. The molecule has 60 heavy (non-hydrogen) atoms. The van der Waals surface area contributed by atoms with E-state index in [4.69, 9.17) is 14.5 Å². The summed E-state index contributed by atoms with van der Waals surface area (Å²) in [4.78, 5) is 76.0. The van der Waals surface area contributed by atoms with Crippen molar-refractivity contribution in [2.24, 2.45) is 5.92 Å². The largest absolute Gasteiger partial charge is 0.448 e. The van der Waals surface area contributed by atoms with Crippen LogP contribution in [0.3, 0.4) is 0 Å². The Kier molecular flexibility index (Phi) is 12.9. The summed E-state index contributed by atoms with van der Waals surface area (Å²) in [6, 6.07) is 23.0. The number of rotatable bonds is 11. The first-order valence-electron chi connectivity index (χ1n) is 20.8. The molecule has 2 aliphatic carbocycles. The van der Waals surface area contributed by atoms with Crippen molar-refractivity contribution in [2.45, 2.75) is 102 Å². The SMILES string of the molecule is C[C@@H](C(=O)N[C@H](C(=O)N1CCC[C@H]1C(=O)Nc1sc(NC(=O)OCC2c3ccccc3-c3ccccc32)nc1-c1ccccc1)C1CCCCC1)N(C)C(=O)OC(C)(C)C. The molecule has 3 aliphatic rings. The molecule has 5 amide bonds. The van der Waals surface area contributed by atoms with Crippen molar-refractivity contribution in [3.63, 3.8) is 0 Å². The molecule has 316 valence electrons. The number of aromatic nitrogens is 1. The number of anilines is 2. The van der Waals surface area contributed by atoms with Crippen LogP contribution in [0.4, 0.5) is 19.7 Å². The van der Waals surface area contributed by atoms with Gasteiger partial charge in [-0.25, -0.2) is 14.6 Å². The number of likely N-dealkylation sites (tertiary alicyclic amines) is 1. The molecule has 3 aromatic carbocycles. The van der Waals surface area contributed by atoms with Gasteiger partial charge in [-0.3, -0.25) is 24.6 Å². The van der Waals surface area contributed by atoms with E-state index in [-0.39, 0.29) is 35.4 Å². The molecule has 0 radical (unpaired) electrons. The fourth-order valence-corrected chi connectivity index (χ4v) is 9.32. The highest BCUT2D eigenvalue weighted by Crippen LogP contribution is 2.45. The topological polar surface area (TPSA) is 159 Å². The molecular weight excluding hydrogens is 781 g/mol. The number of nitrogens with zero attached hydrogens (tertiary/aromatic N) is 3. The third-order valence-electron chi connectivity index (χ3n) is 11.6. The summed E-state index contributed by atoms with van der Waals surface area (Å²) in [5.74, 6) is -1.40. The molecule has 2 heterocycles. The average molecular weight is 835 g/mol. The highest BCUT2D eigenvalue weighted by atomic mass is 32.1. The number of carbonyl (C=O) groups is 5. The van der Waals surface area contributed by atoms with Gasteiger partial charge in [-0.15, -0.1) is 0 Å². The predicted molar refractivity (Wildman–Crippen MR) is 232 cm³/mol. The summed E-state index contributed by atoms with van der Waals surface area (Å²) in [6.45, 7) is 7.35. The molecule has 1 saturated carbocycles. The summed E-state index contributed by atoms with van der Waals surface area (Å²) in [5, 5.41) is 9.46. The molecule has 0 unspecified atom stereocenters. The molecule has 1 aromatic heterocycles. The average Bonchev–Trinajstić information content (AvgIpc) is 3.97. The number of benzene rings is 3. The molecule has 0 spiro atoms. The maximum atomic E-state index is 14.5. The van der Waals surface area contributed by atoms with E-state index >= 15 is 0 Å².